The van der Waals surface area contributed by atoms with Crippen molar-refractivity contribution in [1.29, 1.82) is 0 Å². The lowest BCUT2D eigenvalue weighted by Gasteiger charge is -2.12. The van der Waals surface area contributed by atoms with Gasteiger partial charge in [-0.05, 0) is 55.0 Å². The fourth-order valence-electron chi connectivity index (χ4n) is 3.50. The van der Waals surface area contributed by atoms with Gasteiger partial charge < -0.3 is 0 Å². The molecule has 0 aliphatic carbocycles. The molecular formula is C24H18N6O. The number of hydrogen-bond donors (Lipinski definition) is 0. The van der Waals surface area contributed by atoms with Crippen molar-refractivity contribution in [1.82, 2.24) is 29.8 Å². The fourth-order valence-corrected chi connectivity index (χ4v) is 3.50. The van der Waals surface area contributed by atoms with E-state index in [1.807, 2.05) is 67.6 Å². The third-order valence-corrected chi connectivity index (χ3v) is 5.01. The van der Waals surface area contributed by atoms with Crippen LogP contribution in [0, 0.1) is 6.92 Å². The van der Waals surface area contributed by atoms with E-state index in [0.717, 1.165) is 28.2 Å². The van der Waals surface area contributed by atoms with Gasteiger partial charge in [0.25, 0.3) is 0 Å². The fraction of sp³-hybridized carbons (Fsp3) is 0.0417. The standard InChI is InChI=1S/C24H18N6O/c1-17-16-18(20-8-5-13-25-27-20)9-10-21(17)29-15-12-23(31)24(28-29)22-11-14-26-30(22)19-6-3-2-4-7-19/h2-16H,1H3. The highest BCUT2D eigenvalue weighted by atomic mass is 16.1. The van der Waals surface area contributed by atoms with Gasteiger partial charge in [-0.2, -0.15) is 20.4 Å². The second-order valence-corrected chi connectivity index (χ2v) is 7.05. The molecule has 7 heteroatoms. The summed E-state index contributed by atoms with van der Waals surface area (Å²) >= 11 is 0. The molecule has 3 heterocycles. The predicted octanol–water partition coefficient (Wildman–Crippen LogP) is 3.85. The van der Waals surface area contributed by atoms with E-state index in [4.69, 9.17) is 0 Å². The van der Waals surface area contributed by atoms with Crippen molar-refractivity contribution in [3.63, 3.8) is 0 Å². The summed E-state index contributed by atoms with van der Waals surface area (Å²) in [6.07, 6.45) is 5.00. The maximum absolute atomic E-state index is 12.7. The zero-order valence-corrected chi connectivity index (χ0v) is 16.8. The second-order valence-electron chi connectivity index (χ2n) is 7.05. The van der Waals surface area contributed by atoms with Crippen LogP contribution in [0.25, 0.3) is 34.0 Å². The first-order valence-corrected chi connectivity index (χ1v) is 9.79. The normalized spacial score (nSPS) is 10.9. The van der Waals surface area contributed by atoms with Gasteiger partial charge in [0.05, 0.1) is 29.0 Å². The molecule has 0 saturated carbocycles. The molecule has 31 heavy (non-hydrogen) atoms. The first-order valence-electron chi connectivity index (χ1n) is 9.79. The van der Waals surface area contributed by atoms with Gasteiger partial charge in [0.1, 0.15) is 0 Å². The summed E-state index contributed by atoms with van der Waals surface area (Å²) in [7, 11) is 0. The highest BCUT2D eigenvalue weighted by Crippen LogP contribution is 2.23. The van der Waals surface area contributed by atoms with Gasteiger partial charge in [-0.3, -0.25) is 4.79 Å². The molecule has 0 spiro atoms. The smallest absolute Gasteiger partial charge is 0.209 e. The minimum Gasteiger partial charge on any atom is -0.287 e. The molecule has 7 nitrogen and oxygen atoms in total. The van der Waals surface area contributed by atoms with Gasteiger partial charge in [-0.15, -0.1) is 0 Å². The van der Waals surface area contributed by atoms with Crippen molar-refractivity contribution in [3.05, 3.63) is 107 Å². The molecule has 0 radical (unpaired) electrons. The summed E-state index contributed by atoms with van der Waals surface area (Å²) in [4.78, 5) is 12.7. The largest absolute Gasteiger partial charge is 0.287 e. The summed E-state index contributed by atoms with van der Waals surface area (Å²) in [5.74, 6) is 0. The quantitative estimate of drug-likeness (QED) is 0.453. The van der Waals surface area contributed by atoms with Crippen LogP contribution in [-0.2, 0) is 0 Å². The maximum atomic E-state index is 12.7. The Hall–Kier alpha value is -4.39. The highest BCUT2D eigenvalue weighted by Gasteiger charge is 2.14. The van der Waals surface area contributed by atoms with Crippen molar-refractivity contribution in [2.45, 2.75) is 6.92 Å². The predicted molar refractivity (Wildman–Crippen MR) is 118 cm³/mol. The first kappa shape index (κ1) is 18.6. The Morgan fingerprint density at radius 2 is 1.74 bits per heavy atom. The minimum absolute atomic E-state index is 0.164. The van der Waals surface area contributed by atoms with E-state index in [1.54, 1.807) is 34.0 Å². The van der Waals surface area contributed by atoms with Gasteiger partial charge in [0.2, 0.25) is 5.43 Å². The van der Waals surface area contributed by atoms with Crippen LogP contribution >= 0.6 is 0 Å². The number of rotatable bonds is 4. The van der Waals surface area contributed by atoms with E-state index in [9.17, 15) is 4.79 Å². The molecule has 2 aromatic carbocycles. The third kappa shape index (κ3) is 3.53. The average molecular weight is 406 g/mol. The van der Waals surface area contributed by atoms with Crippen LogP contribution in [0.3, 0.4) is 0 Å². The topological polar surface area (TPSA) is 78.5 Å². The number of aryl methyl sites for hydroxylation is 1. The summed E-state index contributed by atoms with van der Waals surface area (Å²) in [5.41, 5.74) is 5.32. The second kappa shape index (κ2) is 7.79. The molecule has 3 aromatic heterocycles. The van der Waals surface area contributed by atoms with Crippen molar-refractivity contribution in [2.24, 2.45) is 0 Å². The van der Waals surface area contributed by atoms with E-state index in [-0.39, 0.29) is 5.43 Å². The van der Waals surface area contributed by atoms with Crippen molar-refractivity contribution >= 4 is 0 Å². The molecule has 0 amide bonds. The average Bonchev–Trinajstić information content (AvgIpc) is 3.30. The Kier molecular flexibility index (Phi) is 4.68. The lowest BCUT2D eigenvalue weighted by molar-refractivity contribution is 0.818. The monoisotopic (exact) mass is 406 g/mol. The summed E-state index contributed by atoms with van der Waals surface area (Å²) in [5, 5.41) is 17.1. The molecule has 0 N–H and O–H groups in total. The molecule has 0 unspecified atom stereocenters. The van der Waals surface area contributed by atoms with Crippen LogP contribution in [0.4, 0.5) is 0 Å². The number of aromatic nitrogens is 6. The third-order valence-electron chi connectivity index (χ3n) is 5.01. The van der Waals surface area contributed by atoms with Gasteiger partial charge in [0, 0.05) is 24.0 Å². The van der Waals surface area contributed by atoms with Crippen LogP contribution in [0.5, 0.6) is 0 Å². The Morgan fingerprint density at radius 3 is 2.52 bits per heavy atom. The van der Waals surface area contributed by atoms with E-state index in [1.165, 1.54) is 6.07 Å². The van der Waals surface area contributed by atoms with Crippen LogP contribution in [0.15, 0.2) is 96.2 Å². The van der Waals surface area contributed by atoms with Crippen LogP contribution in [-0.4, -0.2) is 29.8 Å². The van der Waals surface area contributed by atoms with Gasteiger partial charge in [0.15, 0.2) is 5.69 Å². The van der Waals surface area contributed by atoms with Crippen molar-refractivity contribution in [3.8, 4) is 34.0 Å². The zero-order valence-electron chi connectivity index (χ0n) is 16.8. The molecule has 150 valence electrons. The number of nitrogens with zero attached hydrogens (tertiary/aromatic N) is 6. The highest BCUT2D eigenvalue weighted by molar-refractivity contribution is 5.63. The van der Waals surface area contributed by atoms with Gasteiger partial charge in [-0.25, -0.2) is 9.36 Å². The molecule has 0 bridgehead atoms. The Bertz CT molecular complexity index is 1410. The van der Waals surface area contributed by atoms with E-state index >= 15 is 0 Å². The van der Waals surface area contributed by atoms with Crippen molar-refractivity contribution < 1.29 is 0 Å². The molecule has 0 atom stereocenters. The maximum Gasteiger partial charge on any atom is 0.209 e. The molecule has 0 saturated heterocycles. The van der Waals surface area contributed by atoms with Gasteiger partial charge >= 0.3 is 0 Å². The Balaban J connectivity index is 1.58. The Labute approximate surface area is 178 Å². The zero-order chi connectivity index (χ0) is 21.2. The van der Waals surface area contributed by atoms with Crippen LogP contribution in [0.2, 0.25) is 0 Å². The van der Waals surface area contributed by atoms with Crippen LogP contribution < -0.4 is 5.43 Å². The number of hydrogen-bond acceptors (Lipinski definition) is 5. The lowest BCUT2D eigenvalue weighted by Crippen LogP contribution is -2.15. The Morgan fingerprint density at radius 1 is 0.871 bits per heavy atom. The van der Waals surface area contributed by atoms with E-state index in [2.05, 4.69) is 20.4 Å². The number of benzene rings is 2. The van der Waals surface area contributed by atoms with Crippen molar-refractivity contribution in [2.75, 3.05) is 0 Å². The number of para-hydroxylation sites is 1. The molecule has 5 aromatic rings. The van der Waals surface area contributed by atoms with E-state index in [0.29, 0.717) is 11.4 Å². The lowest BCUT2D eigenvalue weighted by atomic mass is 10.1. The summed E-state index contributed by atoms with van der Waals surface area (Å²) in [6.45, 7) is 2.00. The molecule has 0 fully saturated rings. The molecule has 0 aliphatic heterocycles. The minimum atomic E-state index is -0.164. The van der Waals surface area contributed by atoms with Crippen LogP contribution in [0.1, 0.15) is 5.56 Å². The molecule has 5 rings (SSSR count). The summed E-state index contributed by atoms with van der Waals surface area (Å²) in [6, 6.07) is 22.8. The first-order chi connectivity index (χ1) is 15.2. The van der Waals surface area contributed by atoms with Gasteiger partial charge in [-0.1, -0.05) is 24.3 Å². The summed E-state index contributed by atoms with van der Waals surface area (Å²) < 4.78 is 3.44. The van der Waals surface area contributed by atoms with E-state index < -0.39 is 0 Å². The SMILES string of the molecule is Cc1cc(-c2cccnn2)ccc1-n1ccc(=O)c(-c2ccnn2-c2ccccc2)n1. The molecule has 0 aliphatic rings. The molecular weight excluding hydrogens is 388 g/mol.